The molecular weight excluding hydrogens is 394 g/mol. The van der Waals surface area contributed by atoms with Crippen LogP contribution in [0.3, 0.4) is 0 Å². The van der Waals surface area contributed by atoms with Crippen molar-refractivity contribution in [3.05, 3.63) is 51.1 Å². The van der Waals surface area contributed by atoms with E-state index in [1.165, 1.54) is 31.4 Å². The van der Waals surface area contributed by atoms with Crippen LogP contribution < -0.4 is 10.1 Å². The number of para-hydroxylation sites is 2. The molecule has 1 atom stereocenters. The third-order valence-corrected chi connectivity index (χ3v) is 4.59. The van der Waals surface area contributed by atoms with E-state index >= 15 is 0 Å². The van der Waals surface area contributed by atoms with Crippen LogP contribution in [0.25, 0.3) is 6.08 Å². The van der Waals surface area contributed by atoms with Crippen LogP contribution in [0.2, 0.25) is 0 Å². The Morgan fingerprint density at radius 3 is 2.67 bits per heavy atom. The van der Waals surface area contributed by atoms with Crippen LogP contribution in [0.15, 0.2) is 46.3 Å². The molecule has 0 bridgehead atoms. The number of hydrogen-bond donors (Lipinski definition) is 1. The summed E-state index contributed by atoms with van der Waals surface area (Å²) < 4.78 is 11.2. The van der Waals surface area contributed by atoms with Crippen LogP contribution in [0, 0.1) is 0 Å². The van der Waals surface area contributed by atoms with Gasteiger partial charge in [-0.1, -0.05) is 12.1 Å². The van der Waals surface area contributed by atoms with E-state index in [0.29, 0.717) is 11.4 Å². The standard InChI is InChI=1S/C17H16BrNO4S/c1-11(17(21)19-13-5-3-4-6-14(13)22-2)23-16(20)10-8-12-7-9-15(18)24-12/h3-11H,1-2H3,(H,19,21)/b10-8+/t11-/m1/s1. The number of methoxy groups -OCH3 is 1. The van der Waals surface area contributed by atoms with Gasteiger partial charge in [-0.2, -0.15) is 0 Å². The van der Waals surface area contributed by atoms with Gasteiger partial charge in [-0.25, -0.2) is 4.79 Å². The fourth-order valence-electron chi connectivity index (χ4n) is 1.82. The maximum Gasteiger partial charge on any atom is 0.331 e. The molecule has 0 fully saturated rings. The fourth-order valence-corrected chi connectivity index (χ4v) is 3.14. The molecule has 0 radical (unpaired) electrons. The van der Waals surface area contributed by atoms with Gasteiger partial charge in [-0.05, 0) is 53.2 Å². The van der Waals surface area contributed by atoms with Gasteiger partial charge in [-0.15, -0.1) is 11.3 Å². The predicted octanol–water partition coefficient (Wildman–Crippen LogP) is 4.10. The highest BCUT2D eigenvalue weighted by Crippen LogP contribution is 2.24. The Bertz CT molecular complexity index is 757. The van der Waals surface area contributed by atoms with Crippen molar-refractivity contribution in [3.8, 4) is 5.75 Å². The SMILES string of the molecule is COc1ccccc1NC(=O)[C@@H](C)OC(=O)/C=C/c1ccc(Br)s1. The molecule has 24 heavy (non-hydrogen) atoms. The average molecular weight is 410 g/mol. The summed E-state index contributed by atoms with van der Waals surface area (Å²) >= 11 is 4.84. The Labute approximate surface area is 152 Å². The second kappa shape index (κ2) is 8.65. The van der Waals surface area contributed by atoms with Gasteiger partial charge in [0.2, 0.25) is 0 Å². The molecule has 1 N–H and O–H groups in total. The minimum absolute atomic E-state index is 0.430. The zero-order chi connectivity index (χ0) is 17.5. The van der Waals surface area contributed by atoms with E-state index in [-0.39, 0.29) is 0 Å². The van der Waals surface area contributed by atoms with Gasteiger partial charge in [0.1, 0.15) is 5.75 Å². The topological polar surface area (TPSA) is 64.6 Å². The van der Waals surface area contributed by atoms with Crippen LogP contribution in [-0.4, -0.2) is 25.1 Å². The van der Waals surface area contributed by atoms with E-state index in [4.69, 9.17) is 9.47 Å². The number of carbonyl (C=O) groups is 2. The summed E-state index contributed by atoms with van der Waals surface area (Å²) in [4.78, 5) is 24.8. The Kier molecular flexibility index (Phi) is 6.57. The van der Waals surface area contributed by atoms with Crippen LogP contribution >= 0.6 is 27.3 Å². The Balaban J connectivity index is 1.91. The first-order valence-corrected chi connectivity index (χ1v) is 8.68. The minimum atomic E-state index is -0.929. The van der Waals surface area contributed by atoms with E-state index in [1.54, 1.807) is 30.3 Å². The third-order valence-electron chi connectivity index (χ3n) is 3.00. The normalized spacial score (nSPS) is 12.0. The van der Waals surface area contributed by atoms with Gasteiger partial charge in [0.25, 0.3) is 5.91 Å². The summed E-state index contributed by atoms with van der Waals surface area (Å²) in [6.45, 7) is 1.51. The number of ether oxygens (including phenoxy) is 2. The molecule has 0 saturated carbocycles. The molecule has 0 unspecified atom stereocenters. The number of amides is 1. The maximum absolute atomic E-state index is 12.1. The van der Waals surface area contributed by atoms with Crippen molar-refractivity contribution in [1.82, 2.24) is 0 Å². The second-order valence-electron chi connectivity index (χ2n) is 4.74. The van der Waals surface area contributed by atoms with Crippen LogP contribution in [-0.2, 0) is 14.3 Å². The van der Waals surface area contributed by atoms with Crippen molar-refractivity contribution < 1.29 is 19.1 Å². The van der Waals surface area contributed by atoms with Crippen LogP contribution in [0.5, 0.6) is 5.75 Å². The maximum atomic E-state index is 12.1. The fraction of sp³-hybridized carbons (Fsp3) is 0.176. The molecule has 2 rings (SSSR count). The smallest absolute Gasteiger partial charge is 0.331 e. The molecule has 5 nitrogen and oxygen atoms in total. The molecule has 126 valence electrons. The highest BCUT2D eigenvalue weighted by molar-refractivity contribution is 9.11. The minimum Gasteiger partial charge on any atom is -0.495 e. The summed E-state index contributed by atoms with van der Waals surface area (Å²) in [5, 5.41) is 2.67. The molecule has 1 aromatic heterocycles. The van der Waals surface area contributed by atoms with Crippen LogP contribution in [0.4, 0.5) is 5.69 Å². The summed E-state index contributed by atoms with van der Waals surface area (Å²) in [5.41, 5.74) is 0.520. The lowest BCUT2D eigenvalue weighted by atomic mass is 10.2. The van der Waals surface area contributed by atoms with Crippen molar-refractivity contribution >= 4 is 50.9 Å². The third kappa shape index (κ3) is 5.21. The summed E-state index contributed by atoms with van der Waals surface area (Å²) in [7, 11) is 1.52. The monoisotopic (exact) mass is 409 g/mol. The van der Waals surface area contributed by atoms with Gasteiger partial charge in [0.05, 0.1) is 16.6 Å². The second-order valence-corrected chi connectivity index (χ2v) is 7.24. The highest BCUT2D eigenvalue weighted by atomic mass is 79.9. The van der Waals surface area contributed by atoms with Gasteiger partial charge >= 0.3 is 5.97 Å². The zero-order valence-electron chi connectivity index (χ0n) is 13.1. The van der Waals surface area contributed by atoms with Gasteiger partial charge in [0.15, 0.2) is 6.10 Å². The Morgan fingerprint density at radius 1 is 1.25 bits per heavy atom. The van der Waals surface area contributed by atoms with Crippen molar-refractivity contribution in [3.63, 3.8) is 0 Å². The number of thiophene rings is 1. The molecule has 7 heteroatoms. The van der Waals surface area contributed by atoms with Crippen molar-refractivity contribution in [1.29, 1.82) is 0 Å². The summed E-state index contributed by atoms with van der Waals surface area (Å²) in [5.74, 6) is -0.477. The van der Waals surface area contributed by atoms with E-state index < -0.39 is 18.0 Å². The number of carbonyl (C=O) groups excluding carboxylic acids is 2. The molecule has 0 aliphatic heterocycles. The molecule has 0 spiro atoms. The quantitative estimate of drug-likeness (QED) is 0.575. The van der Waals surface area contributed by atoms with Crippen molar-refractivity contribution in [2.75, 3.05) is 12.4 Å². The lowest BCUT2D eigenvalue weighted by Crippen LogP contribution is -2.29. The molecule has 1 heterocycles. The number of esters is 1. The zero-order valence-corrected chi connectivity index (χ0v) is 15.5. The first-order valence-electron chi connectivity index (χ1n) is 7.07. The van der Waals surface area contributed by atoms with E-state index in [2.05, 4.69) is 21.2 Å². The first kappa shape index (κ1) is 18.2. The molecule has 0 aliphatic carbocycles. The van der Waals surface area contributed by atoms with Gasteiger partial charge in [-0.3, -0.25) is 4.79 Å². The summed E-state index contributed by atoms with van der Waals surface area (Å²) in [6.07, 6.45) is 2.01. The predicted molar refractivity (Wildman–Crippen MR) is 98.2 cm³/mol. The van der Waals surface area contributed by atoms with E-state index in [9.17, 15) is 9.59 Å². The highest BCUT2D eigenvalue weighted by Gasteiger charge is 2.18. The number of benzene rings is 1. The average Bonchev–Trinajstić information content (AvgIpc) is 2.99. The number of nitrogens with one attached hydrogen (secondary N) is 1. The van der Waals surface area contributed by atoms with Gasteiger partial charge in [0, 0.05) is 11.0 Å². The molecule has 0 aliphatic rings. The van der Waals surface area contributed by atoms with E-state index in [1.807, 2.05) is 12.1 Å². The Morgan fingerprint density at radius 2 is 2.00 bits per heavy atom. The van der Waals surface area contributed by atoms with E-state index in [0.717, 1.165) is 8.66 Å². The van der Waals surface area contributed by atoms with Crippen molar-refractivity contribution in [2.24, 2.45) is 0 Å². The number of anilines is 1. The molecule has 1 amide bonds. The lowest BCUT2D eigenvalue weighted by Gasteiger charge is -2.14. The molecule has 1 aromatic carbocycles. The first-order chi connectivity index (χ1) is 11.5. The lowest BCUT2D eigenvalue weighted by molar-refractivity contribution is -0.148. The van der Waals surface area contributed by atoms with Crippen molar-refractivity contribution in [2.45, 2.75) is 13.0 Å². The number of halogens is 1. The van der Waals surface area contributed by atoms with Gasteiger partial charge < -0.3 is 14.8 Å². The van der Waals surface area contributed by atoms with Crippen LogP contribution in [0.1, 0.15) is 11.8 Å². The molecule has 0 saturated heterocycles. The largest absolute Gasteiger partial charge is 0.495 e. The Hall–Kier alpha value is -2.12. The number of hydrogen-bond acceptors (Lipinski definition) is 5. The molecule has 2 aromatic rings. The summed E-state index contributed by atoms with van der Waals surface area (Å²) in [6, 6.07) is 10.8. The molecular formula is C17H16BrNO4S. The number of rotatable bonds is 6.